The van der Waals surface area contributed by atoms with Crippen molar-refractivity contribution in [3.8, 4) is 11.5 Å². The topological polar surface area (TPSA) is 142 Å². The van der Waals surface area contributed by atoms with Crippen molar-refractivity contribution in [1.29, 1.82) is 0 Å². The molecule has 60 heavy (non-hydrogen) atoms. The van der Waals surface area contributed by atoms with Crippen molar-refractivity contribution in [2.75, 3.05) is 20.8 Å². The van der Waals surface area contributed by atoms with Gasteiger partial charge in [-0.1, -0.05) is 75.4 Å². The highest BCUT2D eigenvalue weighted by Gasteiger charge is 2.54. The first-order chi connectivity index (χ1) is 29.1. The second kappa shape index (κ2) is 21.8. The molecule has 0 radical (unpaired) electrons. The minimum absolute atomic E-state index is 0.170. The van der Waals surface area contributed by atoms with Crippen LogP contribution in [0, 0.1) is 0 Å². The number of methoxy groups -OCH3 is 2. The van der Waals surface area contributed by atoms with E-state index in [1.807, 2.05) is 0 Å². The van der Waals surface area contributed by atoms with Crippen LogP contribution in [0.5, 0.6) is 11.5 Å². The molecule has 5 atom stereocenters. The Balaban J connectivity index is 1.35. The van der Waals surface area contributed by atoms with Crippen LogP contribution in [-0.2, 0) is 38.0 Å². The molecule has 4 aromatic carbocycles. The number of ether oxygens (including phenoxy) is 8. The molecule has 2 fully saturated rings. The van der Waals surface area contributed by atoms with Gasteiger partial charge in [-0.3, -0.25) is 0 Å². The zero-order valence-corrected chi connectivity index (χ0v) is 36.1. The quantitative estimate of drug-likeness (QED) is 0.0638. The Bertz CT molecular complexity index is 2110. The molecule has 0 bridgehead atoms. The third-order valence-corrected chi connectivity index (χ3v) is 10.9. The summed E-state index contributed by atoms with van der Waals surface area (Å²) in [5.74, 6) is -1.85. The summed E-state index contributed by atoms with van der Waals surface area (Å²) in [6.45, 7) is -0.462. The van der Waals surface area contributed by atoms with Crippen LogP contribution in [0.4, 0.5) is 0 Å². The van der Waals surface area contributed by atoms with Gasteiger partial charge in [-0.05, 0) is 109 Å². The second-order valence-corrected chi connectivity index (χ2v) is 15.8. The first kappa shape index (κ1) is 44.3. The maximum absolute atomic E-state index is 14.0. The van der Waals surface area contributed by atoms with Crippen LogP contribution in [0.25, 0.3) is 12.2 Å². The summed E-state index contributed by atoms with van der Waals surface area (Å²) in [5, 5.41) is 0. The lowest BCUT2D eigenvalue weighted by atomic mass is 9.96. The molecule has 6 rings (SSSR count). The summed E-state index contributed by atoms with van der Waals surface area (Å²) in [5.41, 5.74) is 1.75. The van der Waals surface area contributed by atoms with Gasteiger partial charge in [0.05, 0.1) is 31.5 Å². The van der Waals surface area contributed by atoms with Gasteiger partial charge in [-0.15, -0.1) is 0 Å². The van der Waals surface area contributed by atoms with Crippen molar-refractivity contribution in [1.82, 2.24) is 0 Å². The number of hydrogen-bond donors (Lipinski definition) is 0. The number of esters is 4. The largest absolute Gasteiger partial charge is 0.497 e. The molecule has 0 aromatic heterocycles. The standard InChI is InChI=1S/C46H44Br2O12/c1-53-35-22-8-29(9-23-35)12-26-39(49)55-28-38-41(58-40(50)27-13-30-10-24-36(54-2)25-11-30)42(59-44(51)31-14-18-33(47)19-15-31)43(46(57-38)56-37-6-4-3-5-7-37)60-45(52)32-16-20-34(48)21-17-32/h8-27,37-38,41-43,46H,3-7,28H2,1-2H3/b26-12+,27-13+/t38-,41-,42+,43-,46-/m1/s1. The minimum Gasteiger partial charge on any atom is -0.497 e. The molecule has 1 saturated carbocycles. The smallest absolute Gasteiger partial charge is 0.338 e. The summed E-state index contributed by atoms with van der Waals surface area (Å²) in [4.78, 5) is 54.7. The lowest BCUT2D eigenvalue weighted by Crippen LogP contribution is -2.63. The van der Waals surface area contributed by atoms with Crippen LogP contribution in [-0.4, -0.2) is 81.5 Å². The Morgan fingerprint density at radius 1 is 0.600 bits per heavy atom. The third kappa shape index (κ3) is 12.6. The van der Waals surface area contributed by atoms with Crippen LogP contribution >= 0.6 is 31.9 Å². The number of halogens is 2. The monoisotopic (exact) mass is 946 g/mol. The molecule has 0 N–H and O–H groups in total. The van der Waals surface area contributed by atoms with E-state index in [0.717, 1.165) is 28.2 Å². The van der Waals surface area contributed by atoms with Crippen LogP contribution in [0.15, 0.2) is 118 Å². The average molecular weight is 949 g/mol. The zero-order chi connectivity index (χ0) is 42.4. The van der Waals surface area contributed by atoms with Gasteiger partial charge in [0.1, 0.15) is 24.2 Å². The highest BCUT2D eigenvalue weighted by Crippen LogP contribution is 2.34. The lowest BCUT2D eigenvalue weighted by molar-refractivity contribution is -0.312. The normalized spacial score (nSPS) is 20.6. The Kier molecular flexibility index (Phi) is 16.1. The van der Waals surface area contributed by atoms with Gasteiger partial charge in [0.2, 0.25) is 0 Å². The van der Waals surface area contributed by atoms with Gasteiger partial charge in [-0.2, -0.15) is 0 Å². The van der Waals surface area contributed by atoms with E-state index in [-0.39, 0.29) is 17.2 Å². The summed E-state index contributed by atoms with van der Waals surface area (Å²) in [7, 11) is 3.11. The van der Waals surface area contributed by atoms with Crippen molar-refractivity contribution in [2.45, 2.75) is 68.9 Å². The fourth-order valence-electron chi connectivity index (χ4n) is 6.61. The Labute approximate surface area is 365 Å². The third-order valence-electron chi connectivity index (χ3n) is 9.81. The average Bonchev–Trinajstić information content (AvgIpc) is 3.27. The van der Waals surface area contributed by atoms with E-state index in [2.05, 4.69) is 31.9 Å². The van der Waals surface area contributed by atoms with E-state index in [4.69, 9.17) is 37.9 Å². The first-order valence-corrected chi connectivity index (χ1v) is 20.9. The van der Waals surface area contributed by atoms with Gasteiger partial charge >= 0.3 is 23.9 Å². The molecule has 314 valence electrons. The summed E-state index contributed by atoms with van der Waals surface area (Å²) in [6.07, 6.45) is 2.48. The number of rotatable bonds is 15. The Hall–Kier alpha value is -5.28. The molecule has 1 aliphatic heterocycles. The SMILES string of the molecule is COc1ccc(/C=C/C(=O)OC[C@H]2O[C@@H](OC3CCCCC3)[C@H](OC(=O)c3ccc(Br)cc3)[C@@H](OC(=O)c3ccc(Br)cc3)[C@@H]2OC(=O)/C=C/c2ccc(OC)cc2)cc1. The maximum atomic E-state index is 14.0. The molecule has 0 amide bonds. The molecule has 14 heteroatoms. The summed E-state index contributed by atoms with van der Waals surface area (Å²) >= 11 is 6.77. The number of carbonyl (C=O) groups is 4. The van der Waals surface area contributed by atoms with E-state index in [1.165, 1.54) is 18.2 Å². The maximum Gasteiger partial charge on any atom is 0.338 e. The summed E-state index contributed by atoms with van der Waals surface area (Å²) < 4.78 is 49.0. The molecule has 2 aliphatic rings. The lowest BCUT2D eigenvalue weighted by Gasteiger charge is -2.45. The van der Waals surface area contributed by atoms with Gasteiger partial charge in [0.15, 0.2) is 24.6 Å². The van der Waals surface area contributed by atoms with Gasteiger partial charge in [0, 0.05) is 21.1 Å². The van der Waals surface area contributed by atoms with Gasteiger partial charge in [-0.25, -0.2) is 19.2 Å². The van der Waals surface area contributed by atoms with E-state index >= 15 is 0 Å². The van der Waals surface area contributed by atoms with Crippen LogP contribution in [0.3, 0.4) is 0 Å². The number of hydrogen-bond acceptors (Lipinski definition) is 12. The Morgan fingerprint density at radius 2 is 1.08 bits per heavy atom. The molecular weight excluding hydrogens is 904 g/mol. The number of carbonyl (C=O) groups excluding carboxylic acids is 4. The predicted molar refractivity (Wildman–Crippen MR) is 228 cm³/mol. The highest BCUT2D eigenvalue weighted by molar-refractivity contribution is 9.10. The fraction of sp³-hybridized carbons (Fsp3) is 0.304. The first-order valence-electron chi connectivity index (χ1n) is 19.3. The molecular formula is C46H44Br2O12. The van der Waals surface area contributed by atoms with Gasteiger partial charge < -0.3 is 37.9 Å². The van der Waals surface area contributed by atoms with Crippen LogP contribution < -0.4 is 9.47 Å². The molecule has 0 unspecified atom stereocenters. The molecule has 0 spiro atoms. The van der Waals surface area contributed by atoms with Crippen LogP contribution in [0.1, 0.15) is 63.9 Å². The van der Waals surface area contributed by atoms with Crippen molar-refractivity contribution in [2.24, 2.45) is 0 Å². The molecule has 12 nitrogen and oxygen atoms in total. The minimum atomic E-state index is -1.51. The summed E-state index contributed by atoms with van der Waals surface area (Å²) in [6, 6.07) is 27.0. The van der Waals surface area contributed by atoms with Crippen molar-refractivity contribution in [3.63, 3.8) is 0 Å². The molecule has 1 heterocycles. The van der Waals surface area contributed by atoms with Crippen LogP contribution in [0.2, 0.25) is 0 Å². The van der Waals surface area contributed by atoms with Crippen molar-refractivity contribution >= 4 is 67.9 Å². The molecule has 1 aliphatic carbocycles. The van der Waals surface area contributed by atoms with Gasteiger partial charge in [0.25, 0.3) is 0 Å². The molecule has 1 saturated heterocycles. The predicted octanol–water partition coefficient (Wildman–Crippen LogP) is 8.94. The Morgan fingerprint density at radius 3 is 1.58 bits per heavy atom. The highest BCUT2D eigenvalue weighted by atomic mass is 79.9. The van der Waals surface area contributed by atoms with Crippen molar-refractivity contribution < 1.29 is 57.1 Å². The zero-order valence-electron chi connectivity index (χ0n) is 32.9. The second-order valence-electron chi connectivity index (χ2n) is 13.9. The molecule has 4 aromatic rings. The number of benzene rings is 4. The fourth-order valence-corrected chi connectivity index (χ4v) is 7.14. The van der Waals surface area contributed by atoms with E-state index in [0.29, 0.717) is 35.5 Å². The van der Waals surface area contributed by atoms with Crippen molar-refractivity contribution in [3.05, 3.63) is 140 Å². The van der Waals surface area contributed by atoms with E-state index < -0.39 is 61.2 Å². The van der Waals surface area contributed by atoms with E-state index in [1.54, 1.807) is 117 Å². The van der Waals surface area contributed by atoms with E-state index in [9.17, 15) is 19.2 Å².